The quantitative estimate of drug-likeness (QED) is 0.425. The van der Waals surface area contributed by atoms with Gasteiger partial charge in [0.1, 0.15) is 12.1 Å². The van der Waals surface area contributed by atoms with Gasteiger partial charge in [-0.15, -0.1) is 0 Å². The number of aromatic nitrogens is 3. The van der Waals surface area contributed by atoms with E-state index in [4.69, 9.17) is 11.6 Å². The van der Waals surface area contributed by atoms with E-state index in [1.807, 2.05) is 6.92 Å². The predicted molar refractivity (Wildman–Crippen MR) is 101 cm³/mol. The van der Waals surface area contributed by atoms with E-state index in [0.717, 1.165) is 24.0 Å². The molecule has 2 N–H and O–H groups in total. The van der Waals surface area contributed by atoms with Gasteiger partial charge in [0.2, 0.25) is 11.6 Å². The monoisotopic (exact) mass is 424 g/mol. The summed E-state index contributed by atoms with van der Waals surface area (Å²) < 4.78 is 39.2. The Morgan fingerprint density at radius 3 is 2.38 bits per heavy atom. The number of nitrogens with one attached hydrogen (secondary N) is 2. The number of nitro groups is 1. The Morgan fingerprint density at radius 1 is 1.07 bits per heavy atom. The highest BCUT2D eigenvalue weighted by Gasteiger charge is 2.33. The molecule has 0 bridgehead atoms. The van der Waals surface area contributed by atoms with Crippen molar-refractivity contribution >= 4 is 40.4 Å². The second kappa shape index (κ2) is 7.87. The summed E-state index contributed by atoms with van der Waals surface area (Å²) in [6.07, 6.45) is -2.14. The van der Waals surface area contributed by atoms with E-state index in [9.17, 15) is 23.3 Å². The van der Waals surface area contributed by atoms with Crippen LogP contribution in [-0.2, 0) is 6.18 Å². The van der Waals surface area contributed by atoms with E-state index in [1.54, 1.807) is 12.1 Å². The lowest BCUT2D eigenvalue weighted by atomic mass is 10.2. The minimum Gasteiger partial charge on any atom is -0.334 e. The Morgan fingerprint density at radius 2 is 1.76 bits per heavy atom. The summed E-state index contributed by atoms with van der Waals surface area (Å²) in [4.78, 5) is 22.5. The van der Waals surface area contributed by atoms with Crippen LogP contribution in [-0.4, -0.2) is 19.9 Å². The minimum absolute atomic E-state index is 0.0804. The standard InChI is InChI=1S/C17H12ClF3N6O2/c1-9-4-5-22-13(6-9)26-16-14(27(28)29)15(23-8-24-16)25-10-2-3-12(18)11(7-10)17(19,20)21/h2-8H,1H3,(H2,22,23,24,25,26). The Balaban J connectivity index is 1.99. The van der Waals surface area contributed by atoms with Crippen molar-refractivity contribution in [1.29, 1.82) is 0 Å². The smallest absolute Gasteiger partial charge is 0.334 e. The molecule has 3 rings (SSSR count). The van der Waals surface area contributed by atoms with Crippen LogP contribution in [0.4, 0.5) is 42.0 Å². The molecule has 0 amide bonds. The van der Waals surface area contributed by atoms with Crippen molar-refractivity contribution in [2.75, 3.05) is 10.6 Å². The maximum atomic E-state index is 13.1. The average Bonchev–Trinajstić information content (AvgIpc) is 2.62. The fraction of sp³-hybridized carbons (Fsp3) is 0.118. The minimum atomic E-state index is -4.68. The zero-order valence-corrected chi connectivity index (χ0v) is 15.4. The number of hydrogen-bond acceptors (Lipinski definition) is 7. The number of nitrogens with zero attached hydrogens (tertiary/aromatic N) is 4. The molecular weight excluding hydrogens is 413 g/mol. The van der Waals surface area contributed by atoms with Crippen LogP contribution in [0.25, 0.3) is 0 Å². The molecule has 0 aliphatic carbocycles. The van der Waals surface area contributed by atoms with E-state index < -0.39 is 27.4 Å². The summed E-state index contributed by atoms with van der Waals surface area (Å²) in [5.41, 5.74) is -0.857. The van der Waals surface area contributed by atoms with Gasteiger partial charge in [-0.05, 0) is 42.8 Å². The molecule has 0 atom stereocenters. The number of pyridine rings is 1. The van der Waals surface area contributed by atoms with Gasteiger partial charge in [0.25, 0.3) is 0 Å². The highest BCUT2D eigenvalue weighted by molar-refractivity contribution is 6.31. The molecule has 2 heterocycles. The maximum absolute atomic E-state index is 13.1. The third-order valence-corrected chi connectivity index (χ3v) is 4.03. The number of benzene rings is 1. The van der Waals surface area contributed by atoms with Gasteiger partial charge < -0.3 is 10.6 Å². The van der Waals surface area contributed by atoms with Crippen molar-refractivity contribution in [3.05, 3.63) is 69.1 Å². The second-order valence-corrected chi connectivity index (χ2v) is 6.24. The fourth-order valence-electron chi connectivity index (χ4n) is 2.42. The molecular formula is C17H12ClF3N6O2. The van der Waals surface area contributed by atoms with Crippen molar-refractivity contribution < 1.29 is 18.1 Å². The van der Waals surface area contributed by atoms with E-state index in [1.165, 1.54) is 12.3 Å². The molecule has 150 valence electrons. The first-order chi connectivity index (χ1) is 13.6. The van der Waals surface area contributed by atoms with Crippen LogP contribution in [0.3, 0.4) is 0 Å². The average molecular weight is 425 g/mol. The zero-order valence-electron chi connectivity index (χ0n) is 14.7. The Bertz CT molecular complexity index is 1080. The van der Waals surface area contributed by atoms with Crippen molar-refractivity contribution in [1.82, 2.24) is 15.0 Å². The molecule has 0 fully saturated rings. The van der Waals surface area contributed by atoms with Crippen LogP contribution in [0.5, 0.6) is 0 Å². The Labute approximate surface area is 166 Å². The summed E-state index contributed by atoms with van der Waals surface area (Å²) in [5.74, 6) is -0.158. The first-order valence-electron chi connectivity index (χ1n) is 7.98. The van der Waals surface area contributed by atoms with Crippen LogP contribution in [0.2, 0.25) is 5.02 Å². The fourth-order valence-corrected chi connectivity index (χ4v) is 2.64. The third-order valence-electron chi connectivity index (χ3n) is 3.70. The predicted octanol–water partition coefficient (Wildman–Crippen LogP) is 5.25. The molecule has 0 saturated carbocycles. The lowest BCUT2D eigenvalue weighted by Crippen LogP contribution is -2.08. The molecule has 2 aromatic heterocycles. The van der Waals surface area contributed by atoms with Crippen LogP contribution in [0.1, 0.15) is 11.1 Å². The number of alkyl halides is 3. The van der Waals surface area contributed by atoms with E-state index in [-0.39, 0.29) is 17.3 Å². The molecule has 8 nitrogen and oxygen atoms in total. The van der Waals surface area contributed by atoms with Gasteiger partial charge in [-0.3, -0.25) is 10.1 Å². The van der Waals surface area contributed by atoms with E-state index >= 15 is 0 Å². The molecule has 0 aliphatic rings. The summed E-state index contributed by atoms with van der Waals surface area (Å²) in [5, 5.41) is 16.3. The highest BCUT2D eigenvalue weighted by atomic mass is 35.5. The first kappa shape index (κ1) is 20.3. The highest BCUT2D eigenvalue weighted by Crippen LogP contribution is 2.38. The third kappa shape index (κ3) is 4.69. The summed E-state index contributed by atoms with van der Waals surface area (Å²) in [6.45, 7) is 1.81. The lowest BCUT2D eigenvalue weighted by Gasteiger charge is -2.13. The summed E-state index contributed by atoms with van der Waals surface area (Å²) >= 11 is 5.60. The van der Waals surface area contributed by atoms with Crippen LogP contribution in [0.15, 0.2) is 42.9 Å². The first-order valence-corrected chi connectivity index (χ1v) is 8.36. The molecule has 3 aromatic rings. The molecule has 0 aliphatic heterocycles. The Kier molecular flexibility index (Phi) is 5.50. The van der Waals surface area contributed by atoms with Gasteiger partial charge in [-0.2, -0.15) is 13.2 Å². The lowest BCUT2D eigenvalue weighted by molar-refractivity contribution is -0.383. The van der Waals surface area contributed by atoms with E-state index in [2.05, 4.69) is 25.6 Å². The normalized spacial score (nSPS) is 11.2. The SMILES string of the molecule is Cc1ccnc(Nc2ncnc(Nc3ccc(Cl)c(C(F)(F)F)c3)c2[N+](=O)[O-])c1. The number of hydrogen-bond donors (Lipinski definition) is 2. The summed E-state index contributed by atoms with van der Waals surface area (Å²) in [7, 11) is 0. The molecule has 0 unspecified atom stereocenters. The van der Waals surface area contributed by atoms with Crippen LogP contribution >= 0.6 is 11.6 Å². The van der Waals surface area contributed by atoms with Crippen molar-refractivity contribution in [2.45, 2.75) is 13.1 Å². The molecule has 12 heteroatoms. The van der Waals surface area contributed by atoms with Gasteiger partial charge in [0.05, 0.1) is 15.5 Å². The van der Waals surface area contributed by atoms with Gasteiger partial charge in [-0.1, -0.05) is 11.6 Å². The van der Waals surface area contributed by atoms with Crippen molar-refractivity contribution in [3.8, 4) is 0 Å². The largest absolute Gasteiger partial charge is 0.417 e. The molecule has 0 saturated heterocycles. The van der Waals surface area contributed by atoms with Gasteiger partial charge >= 0.3 is 11.9 Å². The van der Waals surface area contributed by atoms with Gasteiger partial charge in [0.15, 0.2) is 0 Å². The maximum Gasteiger partial charge on any atom is 0.417 e. The van der Waals surface area contributed by atoms with Crippen molar-refractivity contribution in [2.24, 2.45) is 0 Å². The molecule has 1 aromatic carbocycles. The number of halogens is 4. The molecule has 29 heavy (non-hydrogen) atoms. The molecule has 0 radical (unpaired) electrons. The van der Waals surface area contributed by atoms with Gasteiger partial charge in [0, 0.05) is 11.9 Å². The number of anilines is 4. The second-order valence-electron chi connectivity index (χ2n) is 5.84. The van der Waals surface area contributed by atoms with E-state index in [0.29, 0.717) is 5.82 Å². The zero-order chi connectivity index (χ0) is 21.2. The van der Waals surface area contributed by atoms with Crippen molar-refractivity contribution in [3.63, 3.8) is 0 Å². The van der Waals surface area contributed by atoms with Crippen LogP contribution in [0, 0.1) is 17.0 Å². The van der Waals surface area contributed by atoms with Gasteiger partial charge in [-0.25, -0.2) is 15.0 Å². The Hall–Kier alpha value is -3.47. The van der Waals surface area contributed by atoms with Crippen LogP contribution < -0.4 is 10.6 Å². The summed E-state index contributed by atoms with van der Waals surface area (Å²) in [6, 6.07) is 6.41. The number of aryl methyl sites for hydroxylation is 1. The topological polar surface area (TPSA) is 106 Å². The number of rotatable bonds is 5. The molecule has 0 spiro atoms.